The number of amides is 2. The Morgan fingerprint density at radius 2 is 0.797 bits per heavy atom. The van der Waals surface area contributed by atoms with Crippen molar-refractivity contribution in [1.29, 1.82) is 0 Å². The summed E-state index contributed by atoms with van der Waals surface area (Å²) in [6, 6.07) is 0. The molecule has 0 aromatic rings. The standard InChI is InChI=1S/C52H100N2O11.C4H10/c1-5-7-9-11-13-15-17-19-21-23-25-27-29-31-33-35-48(56)62-45-47(64-49(57)36-34-32-30-28-26-24-22-20-18-16-14-12-10-8-6-2)46-63-50(58)53-38-41-60-43-44-61-42-39-54-51(59)65-52(3,4)37-40-55;1-4(2)3/h47,55H,5-46H2,1-4H3,(H,53,58)(H,54,59);4H,1-3H3. The quantitative estimate of drug-likeness (QED) is 0.0301. The highest BCUT2D eigenvalue weighted by Gasteiger charge is 2.22. The second-order valence-electron chi connectivity index (χ2n) is 20.2. The number of nitrogens with one attached hydrogen (secondary N) is 2. The van der Waals surface area contributed by atoms with Crippen LogP contribution in [0.15, 0.2) is 0 Å². The maximum absolute atomic E-state index is 12.8. The summed E-state index contributed by atoms with van der Waals surface area (Å²) in [7, 11) is 0. The molecular formula is C56H110N2O11. The van der Waals surface area contributed by atoms with Gasteiger partial charge < -0.3 is 44.2 Å². The second-order valence-corrected chi connectivity index (χ2v) is 20.2. The van der Waals surface area contributed by atoms with Crippen LogP contribution in [0, 0.1) is 5.92 Å². The average Bonchev–Trinajstić information content (AvgIpc) is 3.30. The molecule has 0 saturated carbocycles. The molecule has 13 nitrogen and oxygen atoms in total. The number of aliphatic hydroxyl groups is 1. The number of carbonyl (C=O) groups excluding carboxylic acids is 4. The fourth-order valence-corrected chi connectivity index (χ4v) is 7.50. The molecule has 13 heteroatoms. The Hall–Kier alpha value is -2.64. The van der Waals surface area contributed by atoms with E-state index in [-0.39, 0.29) is 71.1 Å². The molecule has 0 rings (SSSR count). The molecule has 0 aromatic heterocycles. The summed E-state index contributed by atoms with van der Waals surface area (Å²) in [5.74, 6) is 0.103. The van der Waals surface area contributed by atoms with Crippen molar-refractivity contribution >= 4 is 24.1 Å². The van der Waals surface area contributed by atoms with Crippen LogP contribution >= 0.6 is 0 Å². The topological polar surface area (TPSA) is 168 Å². The zero-order valence-corrected chi connectivity index (χ0v) is 45.9. The Kier molecular flexibility index (Phi) is 52.7. The van der Waals surface area contributed by atoms with Gasteiger partial charge in [-0.15, -0.1) is 0 Å². The van der Waals surface area contributed by atoms with E-state index in [4.69, 9.17) is 33.5 Å². The maximum atomic E-state index is 12.8. The van der Waals surface area contributed by atoms with Gasteiger partial charge in [-0.2, -0.15) is 0 Å². The minimum Gasteiger partial charge on any atom is -0.462 e. The first-order valence-electron chi connectivity index (χ1n) is 28.4. The van der Waals surface area contributed by atoms with Crippen molar-refractivity contribution in [3.63, 3.8) is 0 Å². The van der Waals surface area contributed by atoms with Gasteiger partial charge in [-0.05, 0) is 32.6 Å². The third kappa shape index (κ3) is 57.8. The average molecular weight is 987 g/mol. The van der Waals surface area contributed by atoms with Gasteiger partial charge in [-0.25, -0.2) is 9.59 Å². The number of carbonyl (C=O) groups is 4. The minimum atomic E-state index is -0.897. The van der Waals surface area contributed by atoms with Crippen LogP contribution in [0.25, 0.3) is 0 Å². The van der Waals surface area contributed by atoms with E-state index in [1.54, 1.807) is 13.8 Å². The van der Waals surface area contributed by atoms with Crippen molar-refractivity contribution in [2.45, 2.75) is 272 Å². The minimum absolute atomic E-state index is 0.0738. The van der Waals surface area contributed by atoms with Crippen molar-refractivity contribution in [2.75, 3.05) is 59.3 Å². The van der Waals surface area contributed by atoms with Crippen LogP contribution in [0.3, 0.4) is 0 Å². The van der Waals surface area contributed by atoms with Gasteiger partial charge in [0.05, 0.1) is 26.4 Å². The largest absolute Gasteiger partial charge is 0.462 e. The highest BCUT2D eigenvalue weighted by Crippen LogP contribution is 2.17. The van der Waals surface area contributed by atoms with Crippen molar-refractivity contribution in [2.24, 2.45) is 5.92 Å². The first kappa shape index (κ1) is 68.4. The number of rotatable bonds is 49. The van der Waals surface area contributed by atoms with E-state index in [1.807, 2.05) is 0 Å². The first-order chi connectivity index (χ1) is 33.4. The highest BCUT2D eigenvalue weighted by molar-refractivity contribution is 5.70. The lowest BCUT2D eigenvalue weighted by Gasteiger charge is -2.24. The smallest absolute Gasteiger partial charge is 0.407 e. The zero-order valence-electron chi connectivity index (χ0n) is 45.9. The molecule has 0 aliphatic carbocycles. The van der Waals surface area contributed by atoms with Crippen LogP contribution in [-0.2, 0) is 38.0 Å². The fraction of sp³-hybridized carbons (Fsp3) is 0.929. The Labute approximate surface area is 423 Å². The Bertz CT molecular complexity index is 1140. The van der Waals surface area contributed by atoms with E-state index in [1.165, 1.54) is 154 Å². The summed E-state index contributed by atoms with van der Waals surface area (Å²) >= 11 is 0. The van der Waals surface area contributed by atoms with Crippen molar-refractivity contribution in [1.82, 2.24) is 10.6 Å². The van der Waals surface area contributed by atoms with Crippen LogP contribution in [-0.4, -0.2) is 100 Å². The Balaban J connectivity index is 0. The summed E-state index contributed by atoms with van der Waals surface area (Å²) < 4.78 is 32.7. The number of aliphatic hydroxyl groups excluding tert-OH is 1. The lowest BCUT2D eigenvalue weighted by atomic mass is 10.0. The molecule has 0 heterocycles. The molecule has 3 N–H and O–H groups in total. The molecule has 0 radical (unpaired) electrons. The first-order valence-corrected chi connectivity index (χ1v) is 28.4. The van der Waals surface area contributed by atoms with Gasteiger partial charge in [0.25, 0.3) is 0 Å². The fourth-order valence-electron chi connectivity index (χ4n) is 7.50. The molecule has 69 heavy (non-hydrogen) atoms. The Morgan fingerprint density at radius 3 is 1.17 bits per heavy atom. The molecule has 0 bridgehead atoms. The molecular weight excluding hydrogens is 877 g/mol. The van der Waals surface area contributed by atoms with E-state index in [2.05, 4.69) is 45.3 Å². The number of hydrogen-bond acceptors (Lipinski definition) is 11. The summed E-state index contributed by atoms with van der Waals surface area (Å²) in [6.45, 7) is 15.5. The van der Waals surface area contributed by atoms with Gasteiger partial charge in [-0.3, -0.25) is 9.59 Å². The van der Waals surface area contributed by atoms with Gasteiger partial charge >= 0.3 is 24.1 Å². The van der Waals surface area contributed by atoms with Crippen molar-refractivity contribution < 1.29 is 52.7 Å². The van der Waals surface area contributed by atoms with Gasteiger partial charge in [-0.1, -0.05) is 214 Å². The predicted octanol–water partition coefficient (Wildman–Crippen LogP) is 14.3. The van der Waals surface area contributed by atoms with Gasteiger partial charge in [0.1, 0.15) is 18.8 Å². The lowest BCUT2D eigenvalue weighted by Crippen LogP contribution is -2.36. The highest BCUT2D eigenvalue weighted by atomic mass is 16.6. The van der Waals surface area contributed by atoms with Crippen molar-refractivity contribution in [3.8, 4) is 0 Å². The summed E-state index contributed by atoms with van der Waals surface area (Å²) in [4.78, 5) is 49.7. The molecule has 0 aliphatic heterocycles. The summed E-state index contributed by atoms with van der Waals surface area (Å²) in [6.07, 6.45) is 36.2. The number of unbranched alkanes of at least 4 members (excludes halogenated alkanes) is 28. The van der Waals surface area contributed by atoms with Crippen LogP contribution in [0.2, 0.25) is 0 Å². The van der Waals surface area contributed by atoms with E-state index in [9.17, 15) is 19.2 Å². The van der Waals surface area contributed by atoms with E-state index in [0.29, 0.717) is 19.4 Å². The molecule has 0 aliphatic rings. The van der Waals surface area contributed by atoms with Gasteiger partial charge in [0.15, 0.2) is 6.10 Å². The second kappa shape index (κ2) is 53.2. The van der Waals surface area contributed by atoms with Crippen LogP contribution in [0.5, 0.6) is 0 Å². The molecule has 1 unspecified atom stereocenters. The molecule has 0 spiro atoms. The number of ether oxygens (including phenoxy) is 6. The summed E-state index contributed by atoms with van der Waals surface area (Å²) in [5.41, 5.74) is -0.757. The van der Waals surface area contributed by atoms with Crippen LogP contribution in [0.4, 0.5) is 9.59 Å². The molecule has 0 fully saturated rings. The monoisotopic (exact) mass is 987 g/mol. The lowest BCUT2D eigenvalue weighted by molar-refractivity contribution is -0.161. The predicted molar refractivity (Wildman–Crippen MR) is 282 cm³/mol. The maximum Gasteiger partial charge on any atom is 0.407 e. The van der Waals surface area contributed by atoms with Crippen LogP contribution in [0.1, 0.15) is 260 Å². The Morgan fingerprint density at radius 1 is 0.464 bits per heavy atom. The molecule has 0 aromatic carbocycles. The summed E-state index contributed by atoms with van der Waals surface area (Å²) in [5, 5.41) is 14.3. The molecule has 0 saturated heterocycles. The normalized spacial score (nSPS) is 11.7. The van der Waals surface area contributed by atoms with E-state index in [0.717, 1.165) is 44.4 Å². The SMILES string of the molecule is CC(C)C.CCCCCCCCCCCCCCCCCC(=O)OCC(COC(=O)NCCOCCOCCNC(=O)OC(C)(C)CCO)OC(=O)CCCCCCCCCCCCCCCCC. The van der Waals surface area contributed by atoms with Crippen molar-refractivity contribution in [3.05, 3.63) is 0 Å². The van der Waals surface area contributed by atoms with Crippen LogP contribution < -0.4 is 10.6 Å². The van der Waals surface area contributed by atoms with E-state index < -0.39 is 23.9 Å². The molecule has 2 amide bonds. The third-order valence-electron chi connectivity index (χ3n) is 11.6. The number of esters is 2. The van der Waals surface area contributed by atoms with Gasteiger partial charge in [0, 0.05) is 39.0 Å². The van der Waals surface area contributed by atoms with Gasteiger partial charge in [0.2, 0.25) is 0 Å². The molecule has 1 atom stereocenters. The zero-order chi connectivity index (χ0) is 51.3. The van der Waals surface area contributed by atoms with E-state index >= 15 is 0 Å². The number of alkyl carbamates (subject to hydrolysis) is 2. The third-order valence-corrected chi connectivity index (χ3v) is 11.6. The molecule has 410 valence electrons. The number of hydrogen-bond donors (Lipinski definition) is 3.